The van der Waals surface area contributed by atoms with Crippen LogP contribution < -0.4 is 0 Å². The molecule has 80 valence electrons. The van der Waals surface area contributed by atoms with E-state index in [1.54, 1.807) is 0 Å². The zero-order chi connectivity index (χ0) is 10.2. The van der Waals surface area contributed by atoms with Crippen molar-refractivity contribution in [1.82, 2.24) is 0 Å². The summed E-state index contributed by atoms with van der Waals surface area (Å²) in [6, 6.07) is 0. The average molecular weight is 212 g/mol. The second-order valence-corrected chi connectivity index (χ2v) is 5.64. The van der Waals surface area contributed by atoms with Crippen molar-refractivity contribution >= 4 is 11.8 Å². The van der Waals surface area contributed by atoms with E-state index >= 15 is 0 Å². The van der Waals surface area contributed by atoms with Crippen molar-refractivity contribution in [2.75, 3.05) is 6.26 Å². The molecule has 2 fully saturated rings. The molecule has 0 aromatic carbocycles. The highest BCUT2D eigenvalue weighted by Gasteiger charge is 2.66. The molecule has 0 heterocycles. The third-order valence-corrected chi connectivity index (χ3v) is 5.56. The molecule has 1 N–H and O–H groups in total. The molecule has 1 nitrogen and oxygen atoms in total. The topological polar surface area (TPSA) is 20.2 Å². The fraction of sp³-hybridized carbons (Fsp3) is 0.833. The van der Waals surface area contributed by atoms with Gasteiger partial charge in [0, 0.05) is 0 Å². The van der Waals surface area contributed by atoms with Gasteiger partial charge in [-0.25, -0.2) is 0 Å². The minimum atomic E-state index is -0.226. The van der Waals surface area contributed by atoms with Gasteiger partial charge < -0.3 is 5.11 Å². The van der Waals surface area contributed by atoms with E-state index < -0.39 is 0 Å². The molecule has 14 heavy (non-hydrogen) atoms. The molecule has 0 spiro atoms. The van der Waals surface area contributed by atoms with Crippen LogP contribution in [0.15, 0.2) is 12.2 Å². The van der Waals surface area contributed by atoms with Crippen molar-refractivity contribution in [2.45, 2.75) is 43.5 Å². The predicted octanol–water partition coefficient (Wildman–Crippen LogP) is 2.85. The van der Waals surface area contributed by atoms with E-state index in [0.29, 0.717) is 0 Å². The van der Waals surface area contributed by atoms with Crippen molar-refractivity contribution < 1.29 is 5.11 Å². The van der Waals surface area contributed by atoms with E-state index in [9.17, 15) is 5.11 Å². The van der Waals surface area contributed by atoms with Crippen molar-refractivity contribution in [1.29, 1.82) is 0 Å². The molecule has 0 aliphatic heterocycles. The molecule has 2 aliphatic carbocycles. The maximum Gasteiger partial charge on any atom is 0.0872 e. The molecule has 3 atom stereocenters. The van der Waals surface area contributed by atoms with Crippen LogP contribution in [0.1, 0.15) is 32.6 Å². The first-order valence-electron chi connectivity index (χ1n) is 5.63. The third-order valence-electron chi connectivity index (χ3n) is 4.01. The average Bonchev–Trinajstić information content (AvgIpc) is 2.87. The lowest BCUT2D eigenvalue weighted by Gasteiger charge is -2.19. The van der Waals surface area contributed by atoms with E-state index in [4.69, 9.17) is 0 Å². The molecule has 3 unspecified atom stereocenters. The molecular weight excluding hydrogens is 192 g/mol. The zero-order valence-corrected chi connectivity index (χ0v) is 9.89. The molecular formula is C12H20OS. The molecule has 2 aliphatic rings. The number of rotatable bonds is 3. The molecule has 0 radical (unpaired) electrons. The number of allylic oxidation sites excluding steroid dienone is 1. The van der Waals surface area contributed by atoms with Crippen molar-refractivity contribution in [3.63, 3.8) is 0 Å². The summed E-state index contributed by atoms with van der Waals surface area (Å²) in [6.07, 6.45) is 11.3. The smallest absolute Gasteiger partial charge is 0.0872 e. The van der Waals surface area contributed by atoms with Crippen LogP contribution in [0.3, 0.4) is 0 Å². The van der Waals surface area contributed by atoms with Gasteiger partial charge in [0.15, 0.2) is 0 Å². The Kier molecular flexibility index (Phi) is 2.94. The molecule has 0 aromatic heterocycles. The van der Waals surface area contributed by atoms with Crippen LogP contribution in [0.25, 0.3) is 0 Å². The number of aliphatic hydroxyl groups excluding tert-OH is 1. The fourth-order valence-corrected chi connectivity index (χ4v) is 4.73. The van der Waals surface area contributed by atoms with Gasteiger partial charge in [-0.2, -0.15) is 11.8 Å². The van der Waals surface area contributed by atoms with E-state index in [-0.39, 0.29) is 10.9 Å². The molecule has 0 aromatic rings. The van der Waals surface area contributed by atoms with Crippen molar-refractivity contribution in [2.24, 2.45) is 11.8 Å². The number of hydrogen-bond acceptors (Lipinski definition) is 2. The van der Waals surface area contributed by atoms with Crippen LogP contribution in [0.4, 0.5) is 0 Å². The molecule has 0 bridgehead atoms. The van der Waals surface area contributed by atoms with Gasteiger partial charge in [0.1, 0.15) is 0 Å². The molecule has 2 rings (SSSR count). The summed E-state index contributed by atoms with van der Waals surface area (Å²) in [6.45, 7) is 1.99. The van der Waals surface area contributed by atoms with Gasteiger partial charge in [-0.15, -0.1) is 0 Å². The molecule has 0 amide bonds. The summed E-state index contributed by atoms with van der Waals surface area (Å²) >= 11 is 1.89. The Bertz CT molecular complexity index is 224. The number of fused-ring (bicyclic) bond motifs is 1. The molecule has 2 saturated carbocycles. The van der Waals surface area contributed by atoms with Gasteiger partial charge in [0.25, 0.3) is 0 Å². The second kappa shape index (κ2) is 3.90. The predicted molar refractivity (Wildman–Crippen MR) is 62.5 cm³/mol. The number of thioether (sulfide) groups is 1. The monoisotopic (exact) mass is 212 g/mol. The maximum atomic E-state index is 10.2. The second-order valence-electron chi connectivity index (χ2n) is 4.53. The van der Waals surface area contributed by atoms with Gasteiger partial charge in [-0.3, -0.25) is 0 Å². The quantitative estimate of drug-likeness (QED) is 0.726. The fourth-order valence-electron chi connectivity index (χ4n) is 3.31. The summed E-state index contributed by atoms with van der Waals surface area (Å²) in [5.74, 6) is 1.58. The van der Waals surface area contributed by atoms with Crippen molar-refractivity contribution in [3.8, 4) is 0 Å². The lowest BCUT2D eigenvalue weighted by Crippen LogP contribution is -2.26. The Balaban J connectivity index is 2.12. The molecule has 0 saturated heterocycles. The van der Waals surface area contributed by atoms with E-state index in [0.717, 1.165) is 11.8 Å². The standard InChI is InChI=1S/C12H20OS/c1-3-6-11(13)12(14-2)9-7-4-5-8-10(9)12/h3,6,9-11,13H,4-5,7-8H2,1-2H3. The SMILES string of the molecule is CC=CC(O)C1(SC)C2CCCCC21. The van der Waals surface area contributed by atoms with Crippen LogP contribution in [-0.2, 0) is 0 Å². The summed E-state index contributed by atoms with van der Waals surface area (Å²) in [7, 11) is 0. The summed E-state index contributed by atoms with van der Waals surface area (Å²) < 4.78 is 0.184. The minimum absolute atomic E-state index is 0.184. The number of aliphatic hydroxyl groups is 1. The highest BCUT2D eigenvalue weighted by molar-refractivity contribution is 8.00. The summed E-state index contributed by atoms with van der Waals surface area (Å²) in [4.78, 5) is 0. The van der Waals surface area contributed by atoms with Crippen LogP contribution in [0.5, 0.6) is 0 Å². The number of hydrogen-bond donors (Lipinski definition) is 1. The summed E-state index contributed by atoms with van der Waals surface area (Å²) in [5.41, 5.74) is 0. The highest BCUT2D eigenvalue weighted by atomic mass is 32.2. The van der Waals surface area contributed by atoms with Gasteiger partial charge in [0.2, 0.25) is 0 Å². The Morgan fingerprint density at radius 3 is 2.36 bits per heavy atom. The molecule has 2 heteroatoms. The van der Waals surface area contributed by atoms with E-state index in [2.05, 4.69) is 6.26 Å². The first-order chi connectivity index (χ1) is 6.77. The van der Waals surface area contributed by atoms with Crippen LogP contribution in [0, 0.1) is 11.8 Å². The van der Waals surface area contributed by atoms with Crippen LogP contribution in [0.2, 0.25) is 0 Å². The summed E-state index contributed by atoms with van der Waals surface area (Å²) in [5, 5.41) is 10.2. The zero-order valence-electron chi connectivity index (χ0n) is 9.07. The van der Waals surface area contributed by atoms with Crippen LogP contribution in [-0.4, -0.2) is 22.2 Å². The Labute approximate surface area is 91.0 Å². The first kappa shape index (κ1) is 10.6. The highest BCUT2D eigenvalue weighted by Crippen LogP contribution is 2.67. The lowest BCUT2D eigenvalue weighted by atomic mass is 10.0. The lowest BCUT2D eigenvalue weighted by molar-refractivity contribution is 0.202. The Morgan fingerprint density at radius 1 is 1.36 bits per heavy atom. The minimum Gasteiger partial charge on any atom is -0.388 e. The van der Waals surface area contributed by atoms with Gasteiger partial charge >= 0.3 is 0 Å². The van der Waals surface area contributed by atoms with Crippen molar-refractivity contribution in [3.05, 3.63) is 12.2 Å². The largest absolute Gasteiger partial charge is 0.388 e. The van der Waals surface area contributed by atoms with Gasteiger partial charge in [-0.05, 0) is 37.9 Å². The van der Waals surface area contributed by atoms with E-state index in [1.165, 1.54) is 25.7 Å². The Hall–Kier alpha value is 0.0500. The van der Waals surface area contributed by atoms with Gasteiger partial charge in [0.05, 0.1) is 10.9 Å². The first-order valence-corrected chi connectivity index (χ1v) is 6.86. The van der Waals surface area contributed by atoms with E-state index in [1.807, 2.05) is 30.8 Å². The van der Waals surface area contributed by atoms with Gasteiger partial charge in [-0.1, -0.05) is 25.0 Å². The Morgan fingerprint density at radius 2 is 1.93 bits per heavy atom. The third kappa shape index (κ3) is 1.35. The van der Waals surface area contributed by atoms with Crippen LogP contribution >= 0.6 is 11.8 Å². The normalized spacial score (nSPS) is 43.6. The maximum absolute atomic E-state index is 10.2.